The molecule has 0 aliphatic rings. The quantitative estimate of drug-likeness (QED) is 0.610. The number of nitrogens with one attached hydrogen (secondary N) is 1. The van der Waals surface area contributed by atoms with Crippen LogP contribution in [0.2, 0.25) is 0 Å². The van der Waals surface area contributed by atoms with Crippen LogP contribution in [-0.4, -0.2) is 9.97 Å². The zero-order valence-electron chi connectivity index (χ0n) is 7.38. The molecule has 0 radical (unpaired) electrons. The Kier molecular flexibility index (Phi) is 3.20. The summed E-state index contributed by atoms with van der Waals surface area (Å²) in [6, 6.07) is 0.119. The van der Waals surface area contributed by atoms with E-state index in [0.717, 1.165) is 16.3 Å². The maximum atomic E-state index is 5.49. The van der Waals surface area contributed by atoms with E-state index >= 15 is 0 Å². The van der Waals surface area contributed by atoms with Gasteiger partial charge < -0.3 is 0 Å². The molecule has 1 atom stereocenters. The number of hydrogen-bond acceptors (Lipinski definition) is 6. The highest BCUT2D eigenvalue weighted by atomic mass is 32.1. The Morgan fingerprint density at radius 3 is 3.00 bits per heavy atom. The van der Waals surface area contributed by atoms with Crippen molar-refractivity contribution in [1.82, 2.24) is 15.4 Å². The highest BCUT2D eigenvalue weighted by Crippen LogP contribution is 2.21. The lowest BCUT2D eigenvalue weighted by molar-refractivity contribution is 0.558. The molecular formula is C8H10N4S2. The van der Waals surface area contributed by atoms with Crippen molar-refractivity contribution in [2.24, 2.45) is 5.84 Å². The molecule has 0 bridgehead atoms. The molecule has 0 fully saturated rings. The first-order valence-electron chi connectivity index (χ1n) is 4.13. The summed E-state index contributed by atoms with van der Waals surface area (Å²) >= 11 is 3.24. The van der Waals surface area contributed by atoms with Crippen molar-refractivity contribution in [2.75, 3.05) is 0 Å². The van der Waals surface area contributed by atoms with Crippen LogP contribution in [0.25, 0.3) is 0 Å². The number of nitrogens with two attached hydrogens (primary N) is 1. The Hall–Kier alpha value is -0.820. The third-order valence-corrected chi connectivity index (χ3v) is 3.55. The van der Waals surface area contributed by atoms with E-state index in [0.29, 0.717) is 0 Å². The zero-order chi connectivity index (χ0) is 9.80. The Labute approximate surface area is 89.8 Å². The van der Waals surface area contributed by atoms with Crippen LogP contribution in [0.4, 0.5) is 0 Å². The highest BCUT2D eigenvalue weighted by molar-refractivity contribution is 7.10. The van der Waals surface area contributed by atoms with Crippen LogP contribution in [0.5, 0.6) is 0 Å². The summed E-state index contributed by atoms with van der Waals surface area (Å²) in [5.74, 6) is 5.49. The summed E-state index contributed by atoms with van der Waals surface area (Å²) in [6.07, 6.45) is 4.46. The molecule has 0 aliphatic heterocycles. The van der Waals surface area contributed by atoms with Crippen molar-refractivity contribution in [1.29, 1.82) is 0 Å². The maximum absolute atomic E-state index is 5.49. The molecule has 0 saturated carbocycles. The van der Waals surface area contributed by atoms with Crippen molar-refractivity contribution in [3.63, 3.8) is 0 Å². The van der Waals surface area contributed by atoms with E-state index in [1.807, 2.05) is 17.1 Å². The topological polar surface area (TPSA) is 63.8 Å². The van der Waals surface area contributed by atoms with Gasteiger partial charge in [-0.05, 0) is 0 Å². The van der Waals surface area contributed by atoms with E-state index in [-0.39, 0.29) is 6.04 Å². The SMILES string of the molecule is NNC(Cc1nccs1)c1cncs1. The van der Waals surface area contributed by atoms with E-state index in [2.05, 4.69) is 15.4 Å². The maximum Gasteiger partial charge on any atom is 0.0944 e. The van der Waals surface area contributed by atoms with Crippen LogP contribution in [0, 0.1) is 0 Å². The molecular weight excluding hydrogens is 216 g/mol. The summed E-state index contributed by atoms with van der Waals surface area (Å²) in [6.45, 7) is 0. The predicted octanol–water partition coefficient (Wildman–Crippen LogP) is 1.35. The lowest BCUT2D eigenvalue weighted by Crippen LogP contribution is -2.28. The van der Waals surface area contributed by atoms with Crippen LogP contribution in [-0.2, 0) is 6.42 Å². The first-order valence-corrected chi connectivity index (χ1v) is 5.89. The second-order valence-electron chi connectivity index (χ2n) is 2.75. The molecule has 3 N–H and O–H groups in total. The summed E-state index contributed by atoms with van der Waals surface area (Å²) < 4.78 is 0. The van der Waals surface area contributed by atoms with Crippen molar-refractivity contribution in [3.05, 3.63) is 33.2 Å². The number of hydrogen-bond donors (Lipinski definition) is 2. The number of nitrogens with zero attached hydrogens (tertiary/aromatic N) is 2. The highest BCUT2D eigenvalue weighted by Gasteiger charge is 2.13. The van der Waals surface area contributed by atoms with Gasteiger partial charge in [0.25, 0.3) is 0 Å². The fourth-order valence-corrected chi connectivity index (χ4v) is 2.51. The average Bonchev–Trinajstić information content (AvgIpc) is 2.86. The van der Waals surface area contributed by atoms with E-state index in [9.17, 15) is 0 Å². The normalized spacial score (nSPS) is 12.9. The molecule has 0 amide bonds. The Balaban J connectivity index is 2.08. The van der Waals surface area contributed by atoms with Gasteiger partial charge in [-0.15, -0.1) is 22.7 Å². The van der Waals surface area contributed by atoms with Crippen molar-refractivity contribution >= 4 is 22.7 Å². The monoisotopic (exact) mass is 226 g/mol. The molecule has 6 heteroatoms. The third-order valence-electron chi connectivity index (χ3n) is 1.86. The Morgan fingerprint density at radius 2 is 2.43 bits per heavy atom. The van der Waals surface area contributed by atoms with E-state index in [1.165, 1.54) is 0 Å². The first kappa shape index (κ1) is 9.72. The summed E-state index contributed by atoms with van der Waals surface area (Å²) in [4.78, 5) is 9.39. The molecule has 2 aromatic heterocycles. The molecule has 0 spiro atoms. The molecule has 2 rings (SSSR count). The van der Waals surface area contributed by atoms with E-state index in [1.54, 1.807) is 28.9 Å². The number of aromatic nitrogens is 2. The summed E-state index contributed by atoms with van der Waals surface area (Å²) in [5, 5.41) is 3.05. The minimum absolute atomic E-state index is 0.119. The minimum atomic E-state index is 0.119. The molecule has 2 heterocycles. The van der Waals surface area contributed by atoms with Gasteiger partial charge in [0.1, 0.15) is 0 Å². The lowest BCUT2D eigenvalue weighted by atomic mass is 10.2. The number of hydrazine groups is 1. The van der Waals surface area contributed by atoms with Crippen molar-refractivity contribution in [2.45, 2.75) is 12.5 Å². The summed E-state index contributed by atoms with van der Waals surface area (Å²) in [5.41, 5.74) is 4.59. The fraction of sp³-hybridized carbons (Fsp3) is 0.250. The third kappa shape index (κ3) is 2.16. The van der Waals surface area contributed by atoms with Crippen LogP contribution < -0.4 is 11.3 Å². The molecule has 4 nitrogen and oxygen atoms in total. The second-order valence-corrected chi connectivity index (χ2v) is 4.65. The fourth-order valence-electron chi connectivity index (χ4n) is 1.17. The van der Waals surface area contributed by atoms with Crippen LogP contribution in [0.1, 0.15) is 15.9 Å². The first-order chi connectivity index (χ1) is 6.90. The number of thiazole rings is 2. The van der Waals surface area contributed by atoms with Gasteiger partial charge in [-0.2, -0.15) is 0 Å². The Morgan fingerprint density at radius 1 is 1.50 bits per heavy atom. The molecule has 0 saturated heterocycles. The van der Waals surface area contributed by atoms with Crippen molar-refractivity contribution < 1.29 is 0 Å². The largest absolute Gasteiger partial charge is 0.271 e. The van der Waals surface area contributed by atoms with Gasteiger partial charge >= 0.3 is 0 Å². The van der Waals surface area contributed by atoms with Gasteiger partial charge in [0, 0.05) is 29.1 Å². The lowest BCUT2D eigenvalue weighted by Gasteiger charge is -2.11. The molecule has 0 aromatic carbocycles. The second kappa shape index (κ2) is 4.61. The van der Waals surface area contributed by atoms with Gasteiger partial charge in [-0.1, -0.05) is 0 Å². The Bertz CT molecular complexity index is 357. The number of rotatable bonds is 4. The molecule has 1 unspecified atom stereocenters. The van der Waals surface area contributed by atoms with Gasteiger partial charge in [-0.25, -0.2) is 4.98 Å². The van der Waals surface area contributed by atoms with Crippen molar-refractivity contribution in [3.8, 4) is 0 Å². The van der Waals surface area contributed by atoms with Gasteiger partial charge in [0.15, 0.2) is 0 Å². The van der Waals surface area contributed by atoms with Gasteiger partial charge in [-0.3, -0.25) is 16.3 Å². The molecule has 2 aromatic rings. The van der Waals surface area contributed by atoms with Crippen LogP contribution >= 0.6 is 22.7 Å². The van der Waals surface area contributed by atoms with Crippen LogP contribution in [0.3, 0.4) is 0 Å². The zero-order valence-corrected chi connectivity index (χ0v) is 9.02. The average molecular weight is 226 g/mol. The van der Waals surface area contributed by atoms with E-state index < -0.39 is 0 Å². The standard InChI is InChI=1S/C8H10N4S2/c9-12-6(7-4-10-5-14-7)3-8-11-1-2-13-8/h1-2,4-6,12H,3,9H2. The van der Waals surface area contributed by atoms with Gasteiger partial charge in [0.2, 0.25) is 0 Å². The van der Waals surface area contributed by atoms with E-state index in [4.69, 9.17) is 5.84 Å². The molecule has 14 heavy (non-hydrogen) atoms. The smallest absolute Gasteiger partial charge is 0.0944 e. The summed E-state index contributed by atoms with van der Waals surface area (Å²) in [7, 11) is 0. The minimum Gasteiger partial charge on any atom is -0.271 e. The predicted molar refractivity (Wildman–Crippen MR) is 58.0 cm³/mol. The van der Waals surface area contributed by atoms with Gasteiger partial charge in [0.05, 0.1) is 16.6 Å². The molecule has 74 valence electrons. The molecule has 0 aliphatic carbocycles. The van der Waals surface area contributed by atoms with Crippen LogP contribution in [0.15, 0.2) is 23.3 Å².